The van der Waals surface area contributed by atoms with Gasteiger partial charge in [0.05, 0.1) is 17.7 Å². The highest BCUT2D eigenvalue weighted by Crippen LogP contribution is 2.15. The minimum Gasteiger partial charge on any atom is -0.464 e. The molecular weight excluding hydrogens is 208 g/mol. The summed E-state index contributed by atoms with van der Waals surface area (Å²) in [6.45, 7) is 0. The molecule has 1 amide bonds. The Hall–Kier alpha value is -1.62. The summed E-state index contributed by atoms with van der Waals surface area (Å²) in [4.78, 5) is 25.4. The zero-order valence-electron chi connectivity index (χ0n) is 7.28. The van der Waals surface area contributed by atoms with E-state index in [0.717, 1.165) is 0 Å². The maximum absolute atomic E-state index is 11.0. The van der Waals surface area contributed by atoms with Gasteiger partial charge in [-0.3, -0.25) is 4.79 Å². The van der Waals surface area contributed by atoms with Crippen molar-refractivity contribution in [2.45, 2.75) is 0 Å². The van der Waals surface area contributed by atoms with Crippen molar-refractivity contribution in [3.8, 4) is 0 Å². The molecule has 1 aromatic rings. The fourth-order valence-electron chi connectivity index (χ4n) is 0.820. The highest BCUT2D eigenvalue weighted by atomic mass is 35.5. The zero-order chi connectivity index (χ0) is 10.7. The maximum atomic E-state index is 11.0. The van der Waals surface area contributed by atoms with E-state index in [0.29, 0.717) is 0 Å². The van der Waals surface area contributed by atoms with E-state index in [9.17, 15) is 9.59 Å². The number of methoxy groups -OCH3 is 1. The average molecular weight is 215 g/mol. The summed E-state index contributed by atoms with van der Waals surface area (Å²) >= 11 is 5.68. The molecule has 1 rings (SSSR count). The molecule has 0 aliphatic rings. The Labute approximate surface area is 84.8 Å². The van der Waals surface area contributed by atoms with Gasteiger partial charge in [0, 0.05) is 6.20 Å². The third-order valence-electron chi connectivity index (χ3n) is 1.50. The number of ether oxygens (including phenoxy) is 1. The van der Waals surface area contributed by atoms with E-state index in [4.69, 9.17) is 17.3 Å². The summed E-state index contributed by atoms with van der Waals surface area (Å²) < 4.78 is 4.42. The van der Waals surface area contributed by atoms with Crippen LogP contribution in [0, 0.1) is 0 Å². The fourth-order valence-corrected chi connectivity index (χ4v) is 1.06. The number of carbonyl (C=O) groups excluding carboxylic acids is 2. The smallest absolute Gasteiger partial charge is 0.358 e. The standard InChI is InChI=1S/C8H7ClN2O3/c1-14-8(13)6-5(9)2-4(3-11-6)7(10)12/h2-3H,1H3,(H2,10,12). The monoisotopic (exact) mass is 214 g/mol. The summed E-state index contributed by atoms with van der Waals surface area (Å²) in [5.74, 6) is -1.32. The number of hydrogen-bond acceptors (Lipinski definition) is 4. The lowest BCUT2D eigenvalue weighted by atomic mass is 10.2. The Bertz CT molecular complexity index is 392. The molecule has 6 heteroatoms. The number of primary amides is 1. The predicted molar refractivity (Wildman–Crippen MR) is 49.1 cm³/mol. The normalized spacial score (nSPS) is 9.57. The summed E-state index contributed by atoms with van der Waals surface area (Å²) in [6.07, 6.45) is 1.17. The highest BCUT2D eigenvalue weighted by molar-refractivity contribution is 6.33. The highest BCUT2D eigenvalue weighted by Gasteiger charge is 2.14. The second-order valence-corrected chi connectivity index (χ2v) is 2.82. The van der Waals surface area contributed by atoms with Gasteiger partial charge in [-0.05, 0) is 6.07 Å². The van der Waals surface area contributed by atoms with Crippen LogP contribution < -0.4 is 5.73 Å². The molecule has 0 aromatic carbocycles. The van der Waals surface area contributed by atoms with E-state index >= 15 is 0 Å². The lowest BCUT2D eigenvalue weighted by Gasteiger charge is -2.01. The molecule has 0 bridgehead atoms. The van der Waals surface area contributed by atoms with E-state index in [1.807, 2.05) is 0 Å². The van der Waals surface area contributed by atoms with Gasteiger partial charge < -0.3 is 10.5 Å². The van der Waals surface area contributed by atoms with Gasteiger partial charge in [-0.25, -0.2) is 9.78 Å². The van der Waals surface area contributed by atoms with Crippen molar-refractivity contribution >= 4 is 23.5 Å². The number of amides is 1. The van der Waals surface area contributed by atoms with Crippen molar-refractivity contribution in [1.82, 2.24) is 4.98 Å². The number of rotatable bonds is 2. The second kappa shape index (κ2) is 4.06. The molecule has 5 nitrogen and oxygen atoms in total. The average Bonchev–Trinajstić information content (AvgIpc) is 2.16. The first-order chi connectivity index (χ1) is 6.56. The molecule has 0 aliphatic carbocycles. The number of halogens is 1. The van der Waals surface area contributed by atoms with Crippen LogP contribution in [0.3, 0.4) is 0 Å². The largest absolute Gasteiger partial charge is 0.464 e. The zero-order valence-corrected chi connectivity index (χ0v) is 8.04. The van der Waals surface area contributed by atoms with Gasteiger partial charge >= 0.3 is 5.97 Å². The summed E-state index contributed by atoms with van der Waals surface area (Å²) in [6, 6.07) is 1.27. The van der Waals surface area contributed by atoms with E-state index < -0.39 is 11.9 Å². The first-order valence-corrected chi connectivity index (χ1v) is 3.97. The Morgan fingerprint density at radius 3 is 2.64 bits per heavy atom. The topological polar surface area (TPSA) is 82.3 Å². The third kappa shape index (κ3) is 2.00. The first kappa shape index (κ1) is 10.5. The molecule has 0 fully saturated rings. The quantitative estimate of drug-likeness (QED) is 0.732. The molecule has 0 radical (unpaired) electrons. The molecule has 74 valence electrons. The maximum Gasteiger partial charge on any atom is 0.358 e. The number of aromatic nitrogens is 1. The number of pyridine rings is 1. The van der Waals surface area contributed by atoms with Crippen molar-refractivity contribution < 1.29 is 14.3 Å². The van der Waals surface area contributed by atoms with Crippen molar-refractivity contribution in [2.24, 2.45) is 5.73 Å². The fraction of sp³-hybridized carbons (Fsp3) is 0.125. The molecule has 0 unspecified atom stereocenters. The SMILES string of the molecule is COC(=O)c1ncc(C(N)=O)cc1Cl. The van der Waals surface area contributed by atoms with Gasteiger partial charge in [0.2, 0.25) is 5.91 Å². The van der Waals surface area contributed by atoms with Gasteiger partial charge in [0.25, 0.3) is 0 Å². The van der Waals surface area contributed by atoms with Crippen LogP contribution in [0.15, 0.2) is 12.3 Å². The van der Waals surface area contributed by atoms with E-state index in [1.165, 1.54) is 19.4 Å². The Morgan fingerprint density at radius 2 is 2.21 bits per heavy atom. The van der Waals surface area contributed by atoms with Crippen LogP contribution in [-0.4, -0.2) is 24.0 Å². The molecule has 1 heterocycles. The van der Waals surface area contributed by atoms with Gasteiger partial charge in [-0.15, -0.1) is 0 Å². The van der Waals surface area contributed by atoms with E-state index in [-0.39, 0.29) is 16.3 Å². The first-order valence-electron chi connectivity index (χ1n) is 3.60. The Balaban J connectivity index is 3.14. The van der Waals surface area contributed by atoms with Crippen LogP contribution in [0.25, 0.3) is 0 Å². The second-order valence-electron chi connectivity index (χ2n) is 2.41. The lowest BCUT2D eigenvalue weighted by Crippen LogP contribution is -2.13. The minimum absolute atomic E-state index is 0.0353. The van der Waals surface area contributed by atoms with Crippen molar-refractivity contribution in [3.63, 3.8) is 0 Å². The Kier molecular flexibility index (Phi) is 3.03. The molecule has 0 atom stereocenters. The molecule has 2 N–H and O–H groups in total. The number of esters is 1. The van der Waals surface area contributed by atoms with Crippen LogP contribution >= 0.6 is 11.6 Å². The number of nitrogens with two attached hydrogens (primary N) is 1. The third-order valence-corrected chi connectivity index (χ3v) is 1.79. The summed E-state index contributed by atoms with van der Waals surface area (Å²) in [5, 5.41) is 0.0353. The molecule has 0 saturated heterocycles. The molecule has 0 saturated carbocycles. The summed E-state index contributed by atoms with van der Waals surface area (Å²) in [7, 11) is 1.21. The van der Waals surface area contributed by atoms with Gasteiger partial charge in [-0.1, -0.05) is 11.6 Å². The molecule has 1 aromatic heterocycles. The number of carbonyl (C=O) groups is 2. The van der Waals surface area contributed by atoms with Crippen LogP contribution in [0.5, 0.6) is 0 Å². The molecular formula is C8H7ClN2O3. The molecule has 14 heavy (non-hydrogen) atoms. The van der Waals surface area contributed by atoms with E-state index in [2.05, 4.69) is 9.72 Å². The van der Waals surface area contributed by atoms with Crippen molar-refractivity contribution in [2.75, 3.05) is 7.11 Å². The van der Waals surface area contributed by atoms with Crippen LogP contribution in [0.2, 0.25) is 5.02 Å². The number of nitrogens with zero attached hydrogens (tertiary/aromatic N) is 1. The molecule has 0 aliphatic heterocycles. The Morgan fingerprint density at radius 1 is 1.57 bits per heavy atom. The minimum atomic E-state index is -0.661. The van der Waals surface area contributed by atoms with Crippen LogP contribution in [0.4, 0.5) is 0 Å². The van der Waals surface area contributed by atoms with Crippen LogP contribution in [0.1, 0.15) is 20.8 Å². The number of hydrogen-bond donors (Lipinski definition) is 1. The van der Waals surface area contributed by atoms with Gasteiger partial charge in [-0.2, -0.15) is 0 Å². The predicted octanol–water partition coefficient (Wildman–Crippen LogP) is 0.620. The van der Waals surface area contributed by atoms with Crippen LogP contribution in [-0.2, 0) is 4.74 Å². The lowest BCUT2D eigenvalue weighted by molar-refractivity contribution is 0.0594. The summed E-state index contributed by atoms with van der Waals surface area (Å²) in [5.41, 5.74) is 5.09. The van der Waals surface area contributed by atoms with Gasteiger partial charge in [0.1, 0.15) is 0 Å². The van der Waals surface area contributed by atoms with Crippen molar-refractivity contribution in [1.29, 1.82) is 0 Å². The molecule has 0 spiro atoms. The van der Waals surface area contributed by atoms with Gasteiger partial charge in [0.15, 0.2) is 5.69 Å². The van der Waals surface area contributed by atoms with Crippen molar-refractivity contribution in [3.05, 3.63) is 28.5 Å². The van der Waals surface area contributed by atoms with E-state index in [1.54, 1.807) is 0 Å².